The Labute approximate surface area is 132 Å². The van der Waals surface area contributed by atoms with Crippen LogP contribution < -0.4 is 11.5 Å². The van der Waals surface area contributed by atoms with Crippen molar-refractivity contribution in [3.8, 4) is 0 Å². The van der Waals surface area contributed by atoms with Crippen LogP contribution in [0.25, 0.3) is 0 Å². The van der Waals surface area contributed by atoms with E-state index in [1.165, 1.54) is 6.42 Å². The van der Waals surface area contributed by atoms with Gasteiger partial charge in [0.1, 0.15) is 0 Å². The largest absolute Gasteiger partial charge is 0.369 e. The van der Waals surface area contributed by atoms with Gasteiger partial charge in [0.25, 0.3) is 0 Å². The van der Waals surface area contributed by atoms with Crippen LogP contribution in [0.3, 0.4) is 0 Å². The maximum absolute atomic E-state index is 12.4. The summed E-state index contributed by atoms with van der Waals surface area (Å²) in [4.78, 5) is 27.6. The Morgan fingerprint density at radius 2 is 1.86 bits per heavy atom. The number of likely N-dealkylation sites (tertiary alicyclic amines) is 2. The first-order chi connectivity index (χ1) is 9.61. The summed E-state index contributed by atoms with van der Waals surface area (Å²) in [6.07, 6.45) is 5.06. The molecular weight excluding hydrogens is 292 g/mol. The van der Waals surface area contributed by atoms with Gasteiger partial charge in [-0.25, -0.2) is 0 Å². The quantitative estimate of drug-likeness (QED) is 0.760. The summed E-state index contributed by atoms with van der Waals surface area (Å²) in [5.74, 6) is -0.365. The lowest BCUT2D eigenvalue weighted by Crippen LogP contribution is -2.51. The molecule has 0 saturated carbocycles. The van der Waals surface area contributed by atoms with Gasteiger partial charge in [0.05, 0.1) is 12.5 Å². The van der Waals surface area contributed by atoms with Crippen LogP contribution in [0.4, 0.5) is 0 Å². The predicted octanol–water partition coefficient (Wildman–Crippen LogP) is -0.0547. The van der Waals surface area contributed by atoms with E-state index < -0.39 is 0 Å². The third-order valence-corrected chi connectivity index (χ3v) is 4.54. The topological polar surface area (TPSA) is 92.7 Å². The predicted molar refractivity (Wildman–Crippen MR) is 84.0 cm³/mol. The third-order valence-electron chi connectivity index (χ3n) is 4.54. The van der Waals surface area contributed by atoms with Crippen LogP contribution in [-0.2, 0) is 9.59 Å². The van der Waals surface area contributed by atoms with Crippen molar-refractivity contribution in [3.63, 3.8) is 0 Å². The maximum atomic E-state index is 12.4. The summed E-state index contributed by atoms with van der Waals surface area (Å²) in [7, 11) is 0. The molecule has 0 aromatic heterocycles. The van der Waals surface area contributed by atoms with Crippen LogP contribution in [0, 0.1) is 5.92 Å². The van der Waals surface area contributed by atoms with E-state index in [1.807, 2.05) is 0 Å². The van der Waals surface area contributed by atoms with E-state index >= 15 is 0 Å². The highest BCUT2D eigenvalue weighted by Gasteiger charge is 2.29. The number of hydrogen-bond donors (Lipinski definition) is 2. The number of carbonyl (C=O) groups is 2. The third kappa shape index (κ3) is 4.83. The zero-order valence-electron chi connectivity index (χ0n) is 12.5. The van der Waals surface area contributed by atoms with E-state index in [-0.39, 0.29) is 30.1 Å². The van der Waals surface area contributed by atoms with Crippen LogP contribution in [0.1, 0.15) is 32.1 Å². The van der Waals surface area contributed by atoms with Gasteiger partial charge in [0.2, 0.25) is 11.8 Å². The lowest BCUT2D eigenvalue weighted by atomic mass is 9.97. The molecule has 2 fully saturated rings. The summed E-state index contributed by atoms with van der Waals surface area (Å²) < 4.78 is 0. The summed E-state index contributed by atoms with van der Waals surface area (Å²) >= 11 is 0. The Bertz CT molecular complexity index is 367. The van der Waals surface area contributed by atoms with Crippen molar-refractivity contribution in [2.24, 2.45) is 17.4 Å². The average Bonchev–Trinajstić information content (AvgIpc) is 2.48. The smallest absolute Gasteiger partial charge is 0.236 e. The molecule has 0 spiro atoms. The average molecular weight is 319 g/mol. The molecule has 122 valence electrons. The summed E-state index contributed by atoms with van der Waals surface area (Å²) in [5.41, 5.74) is 11.1. The van der Waals surface area contributed by atoms with Gasteiger partial charge in [-0.1, -0.05) is 6.42 Å². The van der Waals surface area contributed by atoms with Crippen molar-refractivity contribution < 1.29 is 9.59 Å². The number of primary amides is 1. The Balaban J connectivity index is 0.00000220. The molecule has 0 aromatic carbocycles. The van der Waals surface area contributed by atoms with E-state index in [0.29, 0.717) is 25.7 Å². The fourth-order valence-electron chi connectivity index (χ4n) is 3.24. The molecule has 2 saturated heterocycles. The van der Waals surface area contributed by atoms with Crippen molar-refractivity contribution in [1.82, 2.24) is 9.80 Å². The molecule has 0 aliphatic carbocycles. The minimum absolute atomic E-state index is 0. The fourth-order valence-corrected chi connectivity index (χ4v) is 3.24. The lowest BCUT2D eigenvalue weighted by Gasteiger charge is -2.37. The molecule has 2 heterocycles. The zero-order chi connectivity index (χ0) is 14.5. The van der Waals surface area contributed by atoms with Crippen molar-refractivity contribution in [1.29, 1.82) is 0 Å². The lowest BCUT2D eigenvalue weighted by molar-refractivity contribution is -0.136. The minimum atomic E-state index is -0.291. The van der Waals surface area contributed by atoms with Crippen molar-refractivity contribution >= 4 is 24.2 Å². The number of halogens is 1. The van der Waals surface area contributed by atoms with Crippen molar-refractivity contribution in [2.75, 3.05) is 32.7 Å². The van der Waals surface area contributed by atoms with Crippen LogP contribution in [0.2, 0.25) is 0 Å². The van der Waals surface area contributed by atoms with Crippen molar-refractivity contribution in [2.45, 2.75) is 38.1 Å². The fraction of sp³-hybridized carbons (Fsp3) is 0.857. The van der Waals surface area contributed by atoms with E-state index in [9.17, 15) is 9.59 Å². The molecule has 0 aromatic rings. The zero-order valence-corrected chi connectivity index (χ0v) is 13.3. The summed E-state index contributed by atoms with van der Waals surface area (Å²) in [5, 5.41) is 0. The normalized spacial score (nSPS) is 27.0. The maximum Gasteiger partial charge on any atom is 0.236 e. The van der Waals surface area contributed by atoms with Crippen LogP contribution in [-0.4, -0.2) is 60.4 Å². The van der Waals surface area contributed by atoms with E-state index in [1.54, 1.807) is 4.90 Å². The molecule has 7 heteroatoms. The first kappa shape index (κ1) is 18.2. The first-order valence-electron chi connectivity index (χ1n) is 7.63. The summed E-state index contributed by atoms with van der Waals surface area (Å²) in [6, 6.07) is 0.324. The number of rotatable bonds is 4. The SMILES string of the molecule is Cl.NCC1CCCCN1CC(=O)N1CCCC(C(N)=O)C1. The number of nitrogens with zero attached hydrogens (tertiary/aromatic N) is 2. The summed E-state index contributed by atoms with van der Waals surface area (Å²) in [6.45, 7) is 3.20. The molecule has 2 rings (SSSR count). The van der Waals surface area contributed by atoms with Gasteiger partial charge in [-0.3, -0.25) is 14.5 Å². The van der Waals surface area contributed by atoms with Gasteiger partial charge in [-0.05, 0) is 32.2 Å². The second kappa shape index (κ2) is 8.56. The van der Waals surface area contributed by atoms with E-state index in [0.717, 1.165) is 38.8 Å². The molecule has 21 heavy (non-hydrogen) atoms. The first-order valence-corrected chi connectivity index (χ1v) is 7.63. The number of piperidine rings is 2. The Hall–Kier alpha value is -0.850. The van der Waals surface area contributed by atoms with Gasteiger partial charge in [0.15, 0.2) is 0 Å². The monoisotopic (exact) mass is 318 g/mol. The molecule has 2 atom stereocenters. The highest BCUT2D eigenvalue weighted by Crippen LogP contribution is 2.19. The molecule has 2 unspecified atom stereocenters. The standard InChI is InChI=1S/C14H26N4O2.ClH/c15-8-12-5-1-2-6-17(12)10-13(19)18-7-3-4-11(9-18)14(16)20;/h11-12H,1-10,15H2,(H2,16,20);1H. The second-order valence-electron chi connectivity index (χ2n) is 5.94. The molecule has 0 bridgehead atoms. The number of amides is 2. The van der Waals surface area contributed by atoms with E-state index in [2.05, 4.69) is 4.90 Å². The molecule has 0 radical (unpaired) electrons. The minimum Gasteiger partial charge on any atom is -0.369 e. The molecule has 6 nitrogen and oxygen atoms in total. The van der Waals surface area contributed by atoms with Crippen molar-refractivity contribution in [3.05, 3.63) is 0 Å². The molecule has 2 aliphatic rings. The number of nitrogens with two attached hydrogens (primary N) is 2. The van der Waals surface area contributed by atoms with Gasteiger partial charge in [0, 0.05) is 25.7 Å². The molecule has 4 N–H and O–H groups in total. The van der Waals surface area contributed by atoms with Crippen LogP contribution in [0.5, 0.6) is 0 Å². The van der Waals surface area contributed by atoms with Gasteiger partial charge in [-0.2, -0.15) is 0 Å². The van der Waals surface area contributed by atoms with Gasteiger partial charge in [-0.15, -0.1) is 12.4 Å². The number of hydrogen-bond acceptors (Lipinski definition) is 4. The Morgan fingerprint density at radius 1 is 1.10 bits per heavy atom. The molecule has 2 aliphatic heterocycles. The van der Waals surface area contributed by atoms with Gasteiger partial charge < -0.3 is 16.4 Å². The molecule has 2 amide bonds. The Kier molecular flexibility index (Phi) is 7.42. The van der Waals surface area contributed by atoms with Gasteiger partial charge >= 0.3 is 0 Å². The van der Waals surface area contributed by atoms with E-state index in [4.69, 9.17) is 11.5 Å². The molecular formula is C14H27ClN4O2. The number of carbonyl (C=O) groups excluding carboxylic acids is 2. The van der Waals surface area contributed by atoms with Crippen LogP contribution >= 0.6 is 12.4 Å². The second-order valence-corrected chi connectivity index (χ2v) is 5.94. The highest BCUT2D eigenvalue weighted by atomic mass is 35.5. The highest BCUT2D eigenvalue weighted by molar-refractivity contribution is 5.85. The Morgan fingerprint density at radius 3 is 2.52 bits per heavy atom. The van der Waals surface area contributed by atoms with Crippen LogP contribution in [0.15, 0.2) is 0 Å².